The quantitative estimate of drug-likeness (QED) is 0.733. The molecule has 2 aromatic carbocycles. The predicted octanol–water partition coefficient (Wildman–Crippen LogP) is 3.15. The van der Waals surface area contributed by atoms with E-state index >= 15 is 0 Å². The molecule has 0 saturated heterocycles. The fourth-order valence-electron chi connectivity index (χ4n) is 2.48. The van der Waals surface area contributed by atoms with E-state index in [2.05, 4.69) is 10.3 Å². The minimum atomic E-state index is -3.91. The van der Waals surface area contributed by atoms with Gasteiger partial charge in [-0.25, -0.2) is 18.5 Å². The Morgan fingerprint density at radius 1 is 1.00 bits per heavy atom. The van der Waals surface area contributed by atoms with Crippen molar-refractivity contribution in [3.05, 3.63) is 66.9 Å². The number of aromatic nitrogens is 1. The lowest BCUT2D eigenvalue weighted by Crippen LogP contribution is -2.13. The Labute approximate surface area is 146 Å². The highest BCUT2D eigenvalue weighted by Crippen LogP contribution is 2.35. The number of hydrogen-bond donors (Lipinski definition) is 2. The standard InChI is InChI=1S/C18H17N3O3S/c1-24-14-9-10-17(25(19,22)23)16(12-14)15-8-5-11-20-18(15)21-13-6-3-2-4-7-13/h2-12H,1H3,(H,20,21)(H2,19,22,23). The van der Waals surface area contributed by atoms with E-state index in [9.17, 15) is 8.42 Å². The van der Waals surface area contributed by atoms with Crippen LogP contribution >= 0.6 is 0 Å². The SMILES string of the molecule is COc1ccc(S(N)(=O)=O)c(-c2cccnc2Nc2ccccc2)c1. The number of rotatable bonds is 5. The third-order valence-corrected chi connectivity index (χ3v) is 4.60. The first-order valence-electron chi connectivity index (χ1n) is 7.47. The molecule has 0 fully saturated rings. The predicted molar refractivity (Wildman–Crippen MR) is 97.3 cm³/mol. The molecule has 0 aliphatic rings. The van der Waals surface area contributed by atoms with Crippen LogP contribution in [0, 0.1) is 0 Å². The second-order valence-electron chi connectivity index (χ2n) is 5.30. The Kier molecular flexibility index (Phi) is 4.69. The summed E-state index contributed by atoms with van der Waals surface area (Å²) >= 11 is 0. The van der Waals surface area contributed by atoms with Crippen molar-refractivity contribution in [3.63, 3.8) is 0 Å². The van der Waals surface area contributed by atoms with Crippen LogP contribution in [0.15, 0.2) is 71.8 Å². The number of ether oxygens (including phenoxy) is 1. The smallest absolute Gasteiger partial charge is 0.238 e. The molecule has 3 N–H and O–H groups in total. The summed E-state index contributed by atoms with van der Waals surface area (Å²) in [6, 6.07) is 17.6. The van der Waals surface area contributed by atoms with Gasteiger partial charge in [0, 0.05) is 23.0 Å². The molecule has 3 aromatic rings. The summed E-state index contributed by atoms with van der Waals surface area (Å²) in [5, 5.41) is 8.58. The summed E-state index contributed by atoms with van der Waals surface area (Å²) in [7, 11) is -2.39. The summed E-state index contributed by atoms with van der Waals surface area (Å²) in [6.07, 6.45) is 1.63. The minimum absolute atomic E-state index is 0.0115. The Bertz CT molecular complexity index is 989. The number of hydrogen-bond acceptors (Lipinski definition) is 5. The maximum Gasteiger partial charge on any atom is 0.238 e. The first kappa shape index (κ1) is 16.9. The van der Waals surface area contributed by atoms with Gasteiger partial charge in [-0.15, -0.1) is 0 Å². The molecule has 0 aliphatic heterocycles. The number of nitrogens with two attached hydrogens (primary N) is 1. The maximum atomic E-state index is 12.0. The van der Waals surface area contributed by atoms with Crippen molar-refractivity contribution in [1.82, 2.24) is 4.98 Å². The number of primary sulfonamides is 1. The molecule has 0 bridgehead atoms. The van der Waals surface area contributed by atoms with Crippen molar-refractivity contribution in [3.8, 4) is 16.9 Å². The molecule has 1 heterocycles. The monoisotopic (exact) mass is 355 g/mol. The van der Waals surface area contributed by atoms with Crippen LogP contribution in [0.1, 0.15) is 0 Å². The number of benzene rings is 2. The van der Waals surface area contributed by atoms with E-state index in [0.29, 0.717) is 22.7 Å². The van der Waals surface area contributed by atoms with Gasteiger partial charge in [0.05, 0.1) is 12.0 Å². The molecule has 0 radical (unpaired) electrons. The number of methoxy groups -OCH3 is 1. The third-order valence-electron chi connectivity index (χ3n) is 3.63. The van der Waals surface area contributed by atoms with Gasteiger partial charge in [0.2, 0.25) is 10.0 Å². The Morgan fingerprint density at radius 3 is 2.44 bits per heavy atom. The van der Waals surface area contributed by atoms with Gasteiger partial charge in [0.25, 0.3) is 0 Å². The van der Waals surface area contributed by atoms with Gasteiger partial charge in [-0.1, -0.05) is 18.2 Å². The van der Waals surface area contributed by atoms with Crippen LogP contribution < -0.4 is 15.2 Å². The van der Waals surface area contributed by atoms with E-state index in [4.69, 9.17) is 9.88 Å². The molecule has 1 aromatic heterocycles. The number of anilines is 2. The van der Waals surface area contributed by atoms with Crippen LogP contribution in [0.3, 0.4) is 0 Å². The first-order valence-corrected chi connectivity index (χ1v) is 9.02. The van der Waals surface area contributed by atoms with Gasteiger partial charge in [-0.2, -0.15) is 0 Å². The van der Waals surface area contributed by atoms with E-state index in [-0.39, 0.29) is 4.90 Å². The third kappa shape index (κ3) is 3.78. The van der Waals surface area contributed by atoms with E-state index in [1.807, 2.05) is 30.3 Å². The fourth-order valence-corrected chi connectivity index (χ4v) is 3.21. The molecule has 6 nitrogen and oxygen atoms in total. The lowest BCUT2D eigenvalue weighted by atomic mass is 10.1. The molecule has 3 rings (SSSR count). The topological polar surface area (TPSA) is 94.3 Å². The summed E-state index contributed by atoms with van der Waals surface area (Å²) in [5.41, 5.74) is 1.87. The van der Waals surface area contributed by atoms with Gasteiger partial charge in [-0.05, 0) is 42.5 Å². The van der Waals surface area contributed by atoms with Crippen molar-refractivity contribution in [2.24, 2.45) is 5.14 Å². The Hall–Kier alpha value is -2.90. The van der Waals surface area contributed by atoms with Crippen LogP contribution in [-0.4, -0.2) is 20.5 Å². The van der Waals surface area contributed by atoms with Crippen molar-refractivity contribution in [2.75, 3.05) is 12.4 Å². The number of para-hydroxylation sites is 1. The van der Waals surface area contributed by atoms with Gasteiger partial charge < -0.3 is 10.1 Å². The summed E-state index contributed by atoms with van der Waals surface area (Å²) < 4.78 is 29.2. The molecule has 0 amide bonds. The van der Waals surface area contributed by atoms with Crippen molar-refractivity contribution >= 4 is 21.5 Å². The molecule has 0 atom stereocenters. The van der Waals surface area contributed by atoms with Gasteiger partial charge in [-0.3, -0.25) is 0 Å². The summed E-state index contributed by atoms with van der Waals surface area (Å²) in [6.45, 7) is 0. The number of nitrogens with zero attached hydrogens (tertiary/aromatic N) is 1. The van der Waals surface area contributed by atoms with Gasteiger partial charge in [0.15, 0.2) is 0 Å². The Balaban J connectivity index is 2.17. The summed E-state index contributed by atoms with van der Waals surface area (Å²) in [4.78, 5) is 4.35. The van der Waals surface area contributed by atoms with Gasteiger partial charge in [0.1, 0.15) is 11.6 Å². The number of nitrogens with one attached hydrogen (secondary N) is 1. The molecule has 0 saturated carbocycles. The average Bonchev–Trinajstić information content (AvgIpc) is 2.62. The van der Waals surface area contributed by atoms with Crippen LogP contribution in [0.5, 0.6) is 5.75 Å². The highest BCUT2D eigenvalue weighted by Gasteiger charge is 2.19. The van der Waals surface area contributed by atoms with Gasteiger partial charge >= 0.3 is 0 Å². The molecule has 7 heteroatoms. The normalized spacial score (nSPS) is 11.1. The highest BCUT2D eigenvalue weighted by atomic mass is 32.2. The largest absolute Gasteiger partial charge is 0.497 e. The molecule has 0 unspecified atom stereocenters. The van der Waals surface area contributed by atoms with Crippen molar-refractivity contribution in [1.29, 1.82) is 0 Å². The highest BCUT2D eigenvalue weighted by molar-refractivity contribution is 7.89. The minimum Gasteiger partial charge on any atom is -0.497 e. The summed E-state index contributed by atoms with van der Waals surface area (Å²) in [5.74, 6) is 1.05. The average molecular weight is 355 g/mol. The van der Waals surface area contributed by atoms with Crippen LogP contribution in [0.2, 0.25) is 0 Å². The van der Waals surface area contributed by atoms with E-state index in [1.54, 1.807) is 30.5 Å². The lowest BCUT2D eigenvalue weighted by Gasteiger charge is -2.14. The Morgan fingerprint density at radius 2 is 1.76 bits per heavy atom. The van der Waals surface area contributed by atoms with Crippen LogP contribution in [0.25, 0.3) is 11.1 Å². The molecule has 128 valence electrons. The molecular formula is C18H17N3O3S. The molecule has 0 spiro atoms. The zero-order valence-electron chi connectivity index (χ0n) is 13.5. The first-order chi connectivity index (χ1) is 12.0. The van der Waals surface area contributed by atoms with Crippen LogP contribution in [-0.2, 0) is 10.0 Å². The number of sulfonamides is 1. The fraction of sp³-hybridized carbons (Fsp3) is 0.0556. The zero-order valence-corrected chi connectivity index (χ0v) is 14.3. The molecular weight excluding hydrogens is 338 g/mol. The van der Waals surface area contributed by atoms with Crippen molar-refractivity contribution < 1.29 is 13.2 Å². The van der Waals surface area contributed by atoms with E-state index in [0.717, 1.165) is 5.69 Å². The molecule has 25 heavy (non-hydrogen) atoms. The van der Waals surface area contributed by atoms with E-state index in [1.165, 1.54) is 13.2 Å². The van der Waals surface area contributed by atoms with E-state index < -0.39 is 10.0 Å². The lowest BCUT2D eigenvalue weighted by molar-refractivity contribution is 0.414. The molecule has 0 aliphatic carbocycles. The number of pyridine rings is 1. The zero-order chi connectivity index (χ0) is 17.9. The van der Waals surface area contributed by atoms with Crippen molar-refractivity contribution in [2.45, 2.75) is 4.90 Å². The second kappa shape index (κ2) is 6.92. The van der Waals surface area contributed by atoms with Crippen LogP contribution in [0.4, 0.5) is 11.5 Å². The maximum absolute atomic E-state index is 12.0. The second-order valence-corrected chi connectivity index (χ2v) is 6.83.